The van der Waals surface area contributed by atoms with Crippen LogP contribution in [0.2, 0.25) is 0 Å². The van der Waals surface area contributed by atoms with Crippen LogP contribution in [0.15, 0.2) is 78.7 Å². The Morgan fingerprint density at radius 1 is 0.979 bits per heavy atom. The summed E-state index contributed by atoms with van der Waals surface area (Å²) in [6.07, 6.45) is -1.33. The topological polar surface area (TPSA) is 88.0 Å². The molecule has 47 heavy (non-hydrogen) atoms. The van der Waals surface area contributed by atoms with Crippen molar-refractivity contribution in [2.75, 3.05) is 31.5 Å². The van der Waals surface area contributed by atoms with Gasteiger partial charge in [0.05, 0.1) is 23.0 Å². The Kier molecular flexibility index (Phi) is 11.2. The van der Waals surface area contributed by atoms with Gasteiger partial charge in [0.2, 0.25) is 5.91 Å². The minimum atomic E-state index is -4.85. The second-order valence-electron chi connectivity index (χ2n) is 11.5. The fraction of sp³-hybridized carbons (Fsp3) is 0.424. The van der Waals surface area contributed by atoms with Gasteiger partial charge in [0.1, 0.15) is 11.3 Å². The van der Waals surface area contributed by atoms with E-state index < -0.39 is 34.1 Å². The van der Waals surface area contributed by atoms with Gasteiger partial charge in [-0.1, -0.05) is 24.8 Å². The molecule has 0 spiro atoms. The van der Waals surface area contributed by atoms with E-state index in [4.69, 9.17) is 4.74 Å². The molecule has 14 heteroatoms. The van der Waals surface area contributed by atoms with Gasteiger partial charge in [0.25, 0.3) is 5.69 Å². The predicted octanol–water partition coefficient (Wildman–Crippen LogP) is 7.73. The molecule has 0 aromatic heterocycles. The van der Waals surface area contributed by atoms with Gasteiger partial charge < -0.3 is 19.9 Å². The highest BCUT2D eigenvalue weighted by Gasteiger charge is 2.38. The first-order valence-electron chi connectivity index (χ1n) is 15.1. The molecular weight excluding hydrogens is 630 g/mol. The Morgan fingerprint density at radius 3 is 2.15 bits per heavy atom. The molecule has 0 atom stereocenters. The van der Waals surface area contributed by atoms with Crippen molar-refractivity contribution in [3.05, 3.63) is 106 Å². The summed E-state index contributed by atoms with van der Waals surface area (Å²) in [5.74, 6) is 0.286. The molecule has 0 unspecified atom stereocenters. The number of hydrogen-bond donors (Lipinski definition) is 1. The predicted molar refractivity (Wildman–Crippen MR) is 164 cm³/mol. The third-order valence-electron chi connectivity index (χ3n) is 8.14. The van der Waals surface area contributed by atoms with Crippen LogP contribution in [-0.2, 0) is 28.3 Å². The highest BCUT2D eigenvalue weighted by atomic mass is 19.4. The van der Waals surface area contributed by atoms with Crippen LogP contribution in [-0.4, -0.2) is 59.0 Å². The standard InChI is InChI=1S/C33H36F6N4O4/c1-3-4-27(41-15-17-42(18-16-41)31(44)20-23-5-7-24(8-6-23)32(34,35)36)19-22(2)47-28-12-9-25(10-13-28)40-26-11-14-30(43(45)46)29(21-26)33(37,38)39/h3-8,11,14,19,21,25,28,40H,2,9-10,12-13,15-18,20H2,1H3/b4-3-,27-19+/t25-,28-. The maximum Gasteiger partial charge on any atom is 0.423 e. The number of nitrogens with one attached hydrogen (secondary N) is 1. The number of rotatable bonds is 10. The quantitative estimate of drug-likeness (QED) is 0.0919. The molecule has 2 aliphatic rings. The molecule has 1 saturated carbocycles. The molecule has 1 N–H and O–H groups in total. The van der Waals surface area contributed by atoms with E-state index in [1.165, 1.54) is 18.2 Å². The number of piperazine rings is 1. The summed E-state index contributed by atoms with van der Waals surface area (Å²) in [4.78, 5) is 26.6. The molecule has 0 bridgehead atoms. The van der Waals surface area contributed by atoms with Crippen LogP contribution in [0.1, 0.15) is 49.3 Å². The first-order valence-corrected chi connectivity index (χ1v) is 15.1. The number of anilines is 1. The zero-order valence-corrected chi connectivity index (χ0v) is 25.7. The summed E-state index contributed by atoms with van der Waals surface area (Å²) in [5.41, 5.74) is -1.52. The van der Waals surface area contributed by atoms with E-state index in [-0.39, 0.29) is 30.2 Å². The van der Waals surface area contributed by atoms with Gasteiger partial charge in [-0.15, -0.1) is 0 Å². The number of amides is 1. The number of ether oxygens (including phenoxy) is 1. The van der Waals surface area contributed by atoms with Crippen LogP contribution in [0, 0.1) is 10.1 Å². The van der Waals surface area contributed by atoms with Gasteiger partial charge >= 0.3 is 12.4 Å². The zero-order chi connectivity index (χ0) is 34.4. The number of carbonyl (C=O) groups excluding carboxylic acids is 1. The maximum atomic E-state index is 13.3. The van der Waals surface area contributed by atoms with Gasteiger partial charge in [0, 0.05) is 55.7 Å². The number of alkyl halides is 6. The van der Waals surface area contributed by atoms with E-state index in [9.17, 15) is 41.3 Å². The Balaban J connectivity index is 1.26. The van der Waals surface area contributed by atoms with Crippen LogP contribution >= 0.6 is 0 Å². The average Bonchev–Trinajstić information content (AvgIpc) is 3.01. The molecule has 1 saturated heterocycles. The lowest BCUT2D eigenvalue weighted by Crippen LogP contribution is -2.48. The second-order valence-corrected chi connectivity index (χ2v) is 11.5. The molecule has 1 aliphatic carbocycles. The lowest BCUT2D eigenvalue weighted by molar-refractivity contribution is -0.388. The van der Waals surface area contributed by atoms with Gasteiger partial charge in [0.15, 0.2) is 0 Å². The number of allylic oxidation sites excluding steroid dienone is 3. The van der Waals surface area contributed by atoms with Crippen molar-refractivity contribution in [3.8, 4) is 0 Å². The molecule has 254 valence electrons. The van der Waals surface area contributed by atoms with Crippen molar-refractivity contribution in [2.45, 2.75) is 63.5 Å². The first kappa shape index (κ1) is 35.4. The van der Waals surface area contributed by atoms with Gasteiger partial charge in [-0.25, -0.2) is 0 Å². The van der Waals surface area contributed by atoms with Crippen molar-refractivity contribution < 1.29 is 40.8 Å². The fourth-order valence-electron chi connectivity index (χ4n) is 5.71. The van der Waals surface area contributed by atoms with Crippen LogP contribution in [0.25, 0.3) is 0 Å². The lowest BCUT2D eigenvalue weighted by Gasteiger charge is -2.37. The number of nitro groups is 1. The normalized spacial score (nSPS) is 19.5. The molecule has 1 heterocycles. The monoisotopic (exact) mass is 666 g/mol. The van der Waals surface area contributed by atoms with E-state index in [1.54, 1.807) is 4.90 Å². The van der Waals surface area contributed by atoms with Crippen molar-refractivity contribution in [2.24, 2.45) is 0 Å². The molecule has 2 aromatic carbocycles. The van der Waals surface area contributed by atoms with Crippen LogP contribution < -0.4 is 5.32 Å². The zero-order valence-electron chi connectivity index (χ0n) is 25.7. The number of nitrogens with zero attached hydrogens (tertiary/aromatic N) is 3. The van der Waals surface area contributed by atoms with Crippen LogP contribution in [0.5, 0.6) is 0 Å². The van der Waals surface area contributed by atoms with E-state index in [1.807, 2.05) is 25.2 Å². The minimum absolute atomic E-state index is 0.0145. The molecular formula is C33H36F6N4O4. The summed E-state index contributed by atoms with van der Waals surface area (Å²) in [6.45, 7) is 7.88. The Labute approximate surface area is 268 Å². The van der Waals surface area contributed by atoms with Crippen molar-refractivity contribution in [1.82, 2.24) is 9.80 Å². The molecule has 2 fully saturated rings. The third kappa shape index (κ3) is 9.75. The SMILES string of the molecule is C=C(/C=C(\C=C/C)N1CCN(C(=O)Cc2ccc(C(F)(F)F)cc2)CC1)O[C@H]1CC[C@H](Nc2ccc([N+](=O)[O-])c(C(F)(F)F)c2)CC1. The molecule has 8 nitrogen and oxygen atoms in total. The third-order valence-corrected chi connectivity index (χ3v) is 8.14. The van der Waals surface area contributed by atoms with E-state index in [0.717, 1.165) is 30.0 Å². The summed E-state index contributed by atoms with van der Waals surface area (Å²) >= 11 is 0. The summed E-state index contributed by atoms with van der Waals surface area (Å²) in [7, 11) is 0. The largest absolute Gasteiger partial charge is 0.491 e. The van der Waals surface area contributed by atoms with Gasteiger partial charge in [-0.3, -0.25) is 14.9 Å². The van der Waals surface area contributed by atoms with Gasteiger partial charge in [-0.05, 0) is 68.5 Å². The van der Waals surface area contributed by atoms with Crippen LogP contribution in [0.4, 0.5) is 37.7 Å². The smallest absolute Gasteiger partial charge is 0.423 e. The van der Waals surface area contributed by atoms with E-state index in [0.29, 0.717) is 63.2 Å². The second kappa shape index (κ2) is 14.9. The number of nitro benzene ring substituents is 1. The summed E-state index contributed by atoms with van der Waals surface area (Å²) < 4.78 is 84.6. The lowest BCUT2D eigenvalue weighted by atomic mass is 9.92. The molecule has 0 radical (unpaired) electrons. The number of carbonyl (C=O) groups is 1. The Hall–Kier alpha value is -4.49. The highest BCUT2D eigenvalue weighted by Crippen LogP contribution is 2.38. The minimum Gasteiger partial charge on any atom is -0.491 e. The van der Waals surface area contributed by atoms with E-state index >= 15 is 0 Å². The summed E-state index contributed by atoms with van der Waals surface area (Å²) in [6, 6.07) is 7.38. The van der Waals surface area contributed by atoms with Gasteiger partial charge in [-0.2, -0.15) is 26.3 Å². The Bertz CT molecular complexity index is 1490. The van der Waals surface area contributed by atoms with Crippen LogP contribution in [0.3, 0.4) is 0 Å². The van der Waals surface area contributed by atoms with Crippen molar-refractivity contribution in [3.63, 3.8) is 0 Å². The molecule has 4 rings (SSSR count). The average molecular weight is 667 g/mol. The number of hydrogen-bond acceptors (Lipinski definition) is 6. The van der Waals surface area contributed by atoms with Crippen molar-refractivity contribution in [1.29, 1.82) is 0 Å². The highest BCUT2D eigenvalue weighted by molar-refractivity contribution is 5.79. The van der Waals surface area contributed by atoms with Crippen molar-refractivity contribution >= 4 is 17.3 Å². The van der Waals surface area contributed by atoms with E-state index in [2.05, 4.69) is 16.8 Å². The molecule has 1 amide bonds. The Morgan fingerprint density at radius 2 is 1.60 bits per heavy atom. The first-order chi connectivity index (χ1) is 22.1. The maximum absolute atomic E-state index is 13.3. The summed E-state index contributed by atoms with van der Waals surface area (Å²) in [5, 5.41) is 14.1. The number of benzene rings is 2. The molecule has 2 aromatic rings. The fourth-order valence-corrected chi connectivity index (χ4v) is 5.71. The number of halogens is 6. The molecule has 1 aliphatic heterocycles.